The van der Waals surface area contributed by atoms with E-state index in [4.69, 9.17) is 19.2 Å². The van der Waals surface area contributed by atoms with Gasteiger partial charge in [-0.25, -0.2) is 0 Å². The van der Waals surface area contributed by atoms with Gasteiger partial charge in [-0.1, -0.05) is 18.2 Å². The van der Waals surface area contributed by atoms with E-state index in [0.29, 0.717) is 60.4 Å². The number of hydrogen-bond donors (Lipinski definition) is 1. The zero-order valence-electron chi connectivity index (χ0n) is 19.3. The topological polar surface area (TPSA) is 117 Å². The van der Waals surface area contributed by atoms with Gasteiger partial charge in [0.25, 0.3) is 0 Å². The van der Waals surface area contributed by atoms with Crippen molar-refractivity contribution in [3.8, 4) is 11.4 Å². The fraction of sp³-hybridized carbons (Fsp3) is 0.360. The molecule has 9 nitrogen and oxygen atoms in total. The van der Waals surface area contributed by atoms with Crippen molar-refractivity contribution in [2.24, 2.45) is 0 Å². The number of nitrogens with zero attached hydrogens (tertiary/aromatic N) is 2. The van der Waals surface area contributed by atoms with Crippen LogP contribution in [0.15, 0.2) is 41.2 Å². The Balaban J connectivity index is 1.45. The molecule has 1 N–H and O–H groups in total. The van der Waals surface area contributed by atoms with E-state index in [1.807, 2.05) is 30.3 Å². The number of pyridine rings is 2. The Labute approximate surface area is 217 Å². The van der Waals surface area contributed by atoms with Crippen LogP contribution in [0.4, 0.5) is 4.79 Å². The summed E-state index contributed by atoms with van der Waals surface area (Å²) >= 11 is 0.656. The SMILES string of the molecule is CC[C@@]1(OC(=O)OC2(CO)C[Se][Se]C2)C(=O)OCc2c1cc1n(c2=O)Cc2cc3ccccc3nc2-1. The molecule has 0 amide bonds. The Morgan fingerprint density at radius 3 is 2.72 bits per heavy atom. The molecule has 0 radical (unpaired) electrons. The number of carbonyl (C=O) groups is 2. The quantitative estimate of drug-likeness (QED) is 0.273. The summed E-state index contributed by atoms with van der Waals surface area (Å²) in [5, 5.41) is 12.0. The summed E-state index contributed by atoms with van der Waals surface area (Å²) in [7, 11) is 0. The van der Waals surface area contributed by atoms with Gasteiger partial charge in [-0.15, -0.1) is 0 Å². The number of aliphatic hydroxyl groups excluding tert-OH is 1. The predicted molar refractivity (Wildman–Crippen MR) is 131 cm³/mol. The number of carbonyl (C=O) groups excluding carboxylic acids is 2. The van der Waals surface area contributed by atoms with Gasteiger partial charge in [0, 0.05) is 5.39 Å². The third-order valence-electron chi connectivity index (χ3n) is 6.96. The predicted octanol–water partition coefficient (Wildman–Crippen LogP) is 2.15. The first kappa shape index (κ1) is 23.7. The fourth-order valence-electron chi connectivity index (χ4n) is 4.94. The molecule has 1 fully saturated rings. The maximum absolute atomic E-state index is 13.6. The number of fused-ring (bicyclic) bond motifs is 5. The molecule has 11 heteroatoms. The number of rotatable bonds is 4. The van der Waals surface area contributed by atoms with Gasteiger partial charge < -0.3 is 0 Å². The van der Waals surface area contributed by atoms with Crippen molar-refractivity contribution in [3.05, 3.63) is 63.4 Å². The molecular weight excluding hydrogens is 598 g/mol. The van der Waals surface area contributed by atoms with Crippen molar-refractivity contribution in [2.45, 2.75) is 48.3 Å². The van der Waals surface area contributed by atoms with Gasteiger partial charge >= 0.3 is 188 Å². The Kier molecular flexibility index (Phi) is 5.74. The zero-order valence-corrected chi connectivity index (χ0v) is 22.7. The molecule has 6 rings (SSSR count). The number of aliphatic hydroxyl groups is 1. The molecule has 0 saturated carbocycles. The van der Waals surface area contributed by atoms with E-state index in [2.05, 4.69) is 0 Å². The normalized spacial score (nSPS) is 21.4. The summed E-state index contributed by atoms with van der Waals surface area (Å²) in [4.78, 5) is 44.5. The van der Waals surface area contributed by atoms with Crippen molar-refractivity contribution in [1.29, 1.82) is 0 Å². The van der Waals surface area contributed by atoms with Crippen molar-refractivity contribution in [3.63, 3.8) is 0 Å². The molecule has 3 aromatic rings. The number of ether oxygens (including phenoxy) is 3. The molecule has 1 atom stereocenters. The van der Waals surface area contributed by atoms with Crippen LogP contribution in [0.1, 0.15) is 30.0 Å². The molecule has 1 aromatic carbocycles. The van der Waals surface area contributed by atoms with Gasteiger partial charge in [-0.2, -0.15) is 0 Å². The molecule has 0 aliphatic carbocycles. The van der Waals surface area contributed by atoms with Crippen molar-refractivity contribution in [1.82, 2.24) is 9.55 Å². The molecular formula is C25H22N2O7Se2. The van der Waals surface area contributed by atoms with Crippen LogP contribution in [0, 0.1) is 0 Å². The van der Waals surface area contributed by atoms with E-state index < -0.39 is 23.3 Å². The summed E-state index contributed by atoms with van der Waals surface area (Å²) in [5.41, 5.74) is 0.401. The molecule has 5 heterocycles. The van der Waals surface area contributed by atoms with E-state index in [1.165, 1.54) is 0 Å². The van der Waals surface area contributed by atoms with Crippen molar-refractivity contribution < 1.29 is 28.9 Å². The number of hydrogen-bond acceptors (Lipinski definition) is 8. The standard InChI is InChI=1S/C25H22N2O7Se2/c1-2-25(34-23(31)33-24(11-28)12-35-36-13-24)17-8-19-20-15(7-14-5-3-4-6-18(14)26-20)9-27(19)21(29)16(17)10-32-22(25)30/h3-8,28H,2,9-13H2,1H3/t25-/m0/s1. The van der Waals surface area contributed by atoms with Crippen LogP contribution in [0.2, 0.25) is 10.6 Å². The molecule has 0 bridgehead atoms. The molecule has 1 saturated heterocycles. The molecule has 3 aliphatic rings. The minimum absolute atomic E-state index is 0.0504. The fourth-order valence-corrected chi connectivity index (χ4v) is 14.4. The first-order valence-corrected chi connectivity index (χ1v) is 18.3. The van der Waals surface area contributed by atoms with Crippen LogP contribution in [0.25, 0.3) is 22.3 Å². The Morgan fingerprint density at radius 2 is 1.97 bits per heavy atom. The average Bonchev–Trinajstić information content (AvgIpc) is 3.49. The van der Waals surface area contributed by atoms with Crippen molar-refractivity contribution >= 4 is 49.3 Å². The van der Waals surface area contributed by atoms with Gasteiger partial charge in [0.15, 0.2) is 0 Å². The van der Waals surface area contributed by atoms with Crippen LogP contribution in [0.5, 0.6) is 0 Å². The number of cyclic esters (lactones) is 1. The van der Waals surface area contributed by atoms with E-state index in [9.17, 15) is 19.5 Å². The molecule has 186 valence electrons. The maximum atomic E-state index is 13.6. The number of aromatic nitrogens is 2. The molecule has 36 heavy (non-hydrogen) atoms. The summed E-state index contributed by atoms with van der Waals surface area (Å²) < 4.78 is 18.3. The second-order valence-corrected chi connectivity index (χ2v) is 16.4. The molecule has 0 unspecified atom stereocenters. The second-order valence-electron chi connectivity index (χ2n) is 9.08. The molecule has 3 aliphatic heterocycles. The van der Waals surface area contributed by atoms with Crippen LogP contribution >= 0.6 is 0 Å². The van der Waals surface area contributed by atoms with Gasteiger partial charge in [0.1, 0.15) is 0 Å². The third kappa shape index (κ3) is 3.53. The van der Waals surface area contributed by atoms with Gasteiger partial charge in [0.2, 0.25) is 0 Å². The number of para-hydroxylation sites is 1. The Hall–Kier alpha value is -2.68. The van der Waals surface area contributed by atoms with Crippen molar-refractivity contribution in [2.75, 3.05) is 6.61 Å². The summed E-state index contributed by atoms with van der Waals surface area (Å²) in [6.45, 7) is 1.55. The monoisotopic (exact) mass is 622 g/mol. The average molecular weight is 620 g/mol. The first-order valence-electron chi connectivity index (χ1n) is 11.5. The summed E-state index contributed by atoms with van der Waals surface area (Å²) in [6, 6.07) is 11.5. The van der Waals surface area contributed by atoms with Crippen LogP contribution in [-0.2, 0) is 37.8 Å². The third-order valence-corrected chi connectivity index (χ3v) is 14.4. The number of esters is 1. The molecule has 0 spiro atoms. The first-order chi connectivity index (χ1) is 17.4. The Bertz CT molecular complexity index is 1480. The van der Waals surface area contributed by atoms with Crippen LogP contribution in [-0.4, -0.2) is 65.3 Å². The molecule has 2 aromatic heterocycles. The van der Waals surface area contributed by atoms with E-state index in [-0.39, 0.29) is 30.8 Å². The minimum atomic E-state index is -1.83. The van der Waals surface area contributed by atoms with Gasteiger partial charge in [-0.05, 0) is 6.07 Å². The van der Waals surface area contributed by atoms with Crippen LogP contribution in [0.3, 0.4) is 0 Å². The second kappa shape index (κ2) is 8.71. The Morgan fingerprint density at radius 1 is 1.19 bits per heavy atom. The van der Waals surface area contributed by atoms with E-state index in [1.54, 1.807) is 17.6 Å². The van der Waals surface area contributed by atoms with E-state index >= 15 is 0 Å². The number of benzene rings is 1. The summed E-state index contributed by atoms with van der Waals surface area (Å²) in [6.07, 6.45) is -0.996. The van der Waals surface area contributed by atoms with Crippen LogP contribution < -0.4 is 5.56 Å². The zero-order chi connectivity index (χ0) is 25.1. The van der Waals surface area contributed by atoms with Gasteiger partial charge in [-0.3, -0.25) is 0 Å². The van der Waals surface area contributed by atoms with E-state index in [0.717, 1.165) is 16.5 Å². The summed E-state index contributed by atoms with van der Waals surface area (Å²) in [5.74, 6) is -0.749. The van der Waals surface area contributed by atoms with Gasteiger partial charge in [0.05, 0.1) is 0 Å².